The zero-order valence-corrected chi connectivity index (χ0v) is 14.3. The van der Waals surface area contributed by atoms with Crippen molar-refractivity contribution in [1.29, 1.82) is 5.26 Å². The van der Waals surface area contributed by atoms with Gasteiger partial charge in [-0.1, -0.05) is 6.07 Å². The molecular weight excluding hydrogens is 356 g/mol. The van der Waals surface area contributed by atoms with E-state index in [0.29, 0.717) is 5.69 Å². The van der Waals surface area contributed by atoms with Crippen LogP contribution < -0.4 is 10.6 Å². The summed E-state index contributed by atoms with van der Waals surface area (Å²) in [5, 5.41) is 13.8. The SMILES string of the molecule is C[C@@H](NC(=O)CN1Cc2c(F)cccc2NC1=O)c1ncc(C#N)cc1F. The van der Waals surface area contributed by atoms with Crippen LogP contribution in [0.1, 0.15) is 29.8 Å². The van der Waals surface area contributed by atoms with Crippen LogP contribution in [0.5, 0.6) is 0 Å². The average molecular weight is 371 g/mol. The number of fused-ring (bicyclic) bond motifs is 1. The lowest BCUT2D eigenvalue weighted by Gasteiger charge is -2.29. The van der Waals surface area contributed by atoms with Crippen LogP contribution in [0, 0.1) is 23.0 Å². The smallest absolute Gasteiger partial charge is 0.322 e. The normalized spacial score (nSPS) is 14.0. The molecule has 138 valence electrons. The van der Waals surface area contributed by atoms with Crippen LogP contribution in [0.2, 0.25) is 0 Å². The summed E-state index contributed by atoms with van der Waals surface area (Å²) in [6.45, 7) is 1.14. The van der Waals surface area contributed by atoms with Crippen LogP contribution in [0.15, 0.2) is 30.5 Å². The van der Waals surface area contributed by atoms with Crippen LogP contribution in [-0.2, 0) is 11.3 Å². The summed E-state index contributed by atoms with van der Waals surface area (Å²) in [5.74, 6) is -1.74. The van der Waals surface area contributed by atoms with Gasteiger partial charge in [0.15, 0.2) is 0 Å². The highest BCUT2D eigenvalue weighted by atomic mass is 19.1. The second-order valence-corrected chi connectivity index (χ2v) is 6.04. The molecule has 1 aliphatic rings. The molecule has 7 nitrogen and oxygen atoms in total. The van der Waals surface area contributed by atoms with Gasteiger partial charge in [-0.3, -0.25) is 9.78 Å². The van der Waals surface area contributed by atoms with E-state index in [1.807, 2.05) is 0 Å². The number of urea groups is 1. The van der Waals surface area contributed by atoms with Gasteiger partial charge in [0, 0.05) is 11.8 Å². The molecule has 0 saturated carbocycles. The van der Waals surface area contributed by atoms with Crippen molar-refractivity contribution in [2.75, 3.05) is 11.9 Å². The van der Waals surface area contributed by atoms with Gasteiger partial charge < -0.3 is 15.5 Å². The van der Waals surface area contributed by atoms with E-state index in [2.05, 4.69) is 15.6 Å². The third-order valence-corrected chi connectivity index (χ3v) is 4.12. The van der Waals surface area contributed by atoms with Gasteiger partial charge in [0.2, 0.25) is 5.91 Å². The minimum absolute atomic E-state index is 0.0261. The summed E-state index contributed by atoms with van der Waals surface area (Å²) in [4.78, 5) is 29.3. The number of nitriles is 1. The molecule has 1 aromatic carbocycles. The predicted octanol–water partition coefficient (Wildman–Crippen LogP) is 2.46. The third-order valence-electron chi connectivity index (χ3n) is 4.12. The molecule has 0 unspecified atom stereocenters. The molecule has 3 amide bonds. The van der Waals surface area contributed by atoms with Gasteiger partial charge >= 0.3 is 6.03 Å². The maximum absolute atomic E-state index is 14.0. The van der Waals surface area contributed by atoms with Gasteiger partial charge in [-0.15, -0.1) is 0 Å². The molecule has 0 spiro atoms. The molecule has 2 aromatic rings. The number of amides is 3. The summed E-state index contributed by atoms with van der Waals surface area (Å²) in [6, 6.07) is 5.84. The van der Waals surface area contributed by atoms with Crippen molar-refractivity contribution in [3.8, 4) is 6.07 Å². The summed E-state index contributed by atoms with van der Waals surface area (Å²) >= 11 is 0. The van der Waals surface area contributed by atoms with Crippen LogP contribution in [-0.4, -0.2) is 28.4 Å². The lowest BCUT2D eigenvalue weighted by atomic mass is 10.1. The van der Waals surface area contributed by atoms with Crippen molar-refractivity contribution in [3.63, 3.8) is 0 Å². The van der Waals surface area contributed by atoms with Crippen molar-refractivity contribution in [1.82, 2.24) is 15.2 Å². The first-order valence-corrected chi connectivity index (χ1v) is 8.07. The van der Waals surface area contributed by atoms with Gasteiger partial charge in [0.05, 0.1) is 29.5 Å². The second kappa shape index (κ2) is 7.37. The number of halogens is 2. The lowest BCUT2D eigenvalue weighted by molar-refractivity contribution is -0.122. The van der Waals surface area contributed by atoms with Gasteiger partial charge in [-0.25, -0.2) is 13.6 Å². The van der Waals surface area contributed by atoms with Crippen molar-refractivity contribution in [2.24, 2.45) is 0 Å². The number of nitrogens with zero attached hydrogens (tertiary/aromatic N) is 3. The summed E-state index contributed by atoms with van der Waals surface area (Å²) in [7, 11) is 0. The highest BCUT2D eigenvalue weighted by Gasteiger charge is 2.27. The number of rotatable bonds is 4. The Bertz CT molecular complexity index is 957. The number of nitrogens with one attached hydrogen (secondary N) is 2. The van der Waals surface area contributed by atoms with Crippen LogP contribution >= 0.6 is 0 Å². The fourth-order valence-electron chi connectivity index (χ4n) is 2.78. The molecule has 27 heavy (non-hydrogen) atoms. The number of benzene rings is 1. The maximum Gasteiger partial charge on any atom is 0.322 e. The molecule has 3 rings (SSSR count). The first kappa shape index (κ1) is 18.3. The molecule has 2 N–H and O–H groups in total. The number of anilines is 1. The fourth-order valence-corrected chi connectivity index (χ4v) is 2.78. The van der Waals surface area contributed by atoms with E-state index in [9.17, 15) is 18.4 Å². The molecule has 2 heterocycles. The van der Waals surface area contributed by atoms with Crippen molar-refractivity contribution < 1.29 is 18.4 Å². The number of aromatic nitrogens is 1. The first-order chi connectivity index (χ1) is 12.9. The predicted molar refractivity (Wildman–Crippen MR) is 91.3 cm³/mol. The Morgan fingerprint density at radius 2 is 2.22 bits per heavy atom. The maximum atomic E-state index is 14.0. The minimum Gasteiger partial charge on any atom is -0.346 e. The van der Waals surface area contributed by atoms with E-state index in [1.54, 1.807) is 12.1 Å². The van der Waals surface area contributed by atoms with Crippen molar-refractivity contribution in [3.05, 3.63) is 58.9 Å². The Labute approximate surface area is 153 Å². The van der Waals surface area contributed by atoms with Gasteiger partial charge in [-0.2, -0.15) is 5.26 Å². The highest BCUT2D eigenvalue weighted by molar-refractivity contribution is 5.94. The molecule has 0 fully saturated rings. The Balaban J connectivity index is 1.66. The van der Waals surface area contributed by atoms with Gasteiger partial charge in [-0.05, 0) is 25.1 Å². The number of hydrogen-bond donors (Lipinski definition) is 2. The molecule has 1 aliphatic heterocycles. The Morgan fingerprint density at radius 1 is 1.44 bits per heavy atom. The fraction of sp³-hybridized carbons (Fsp3) is 0.222. The van der Waals surface area contributed by atoms with Crippen LogP contribution in [0.4, 0.5) is 19.3 Å². The first-order valence-electron chi connectivity index (χ1n) is 8.07. The zero-order chi connectivity index (χ0) is 19.6. The Morgan fingerprint density at radius 3 is 2.93 bits per heavy atom. The Kier molecular flexibility index (Phi) is 4.98. The molecule has 0 aliphatic carbocycles. The standard InChI is InChI=1S/C18H15F2N5O2/c1-10(17-14(20)5-11(6-21)7-22-17)23-16(26)9-25-8-12-13(19)3-2-4-15(12)24-18(25)27/h2-5,7,10H,8-9H2,1H3,(H,23,26)(H,24,27)/t10-/m1/s1. The van der Waals surface area contributed by atoms with E-state index in [1.165, 1.54) is 25.3 Å². The summed E-state index contributed by atoms with van der Waals surface area (Å²) in [6.07, 6.45) is 1.21. The number of pyridine rings is 1. The molecule has 0 bridgehead atoms. The molecule has 1 aromatic heterocycles. The van der Waals surface area contributed by atoms with E-state index in [4.69, 9.17) is 5.26 Å². The van der Waals surface area contributed by atoms with E-state index < -0.39 is 29.6 Å². The lowest BCUT2D eigenvalue weighted by Crippen LogP contribution is -2.45. The van der Waals surface area contributed by atoms with Gasteiger partial charge in [0.1, 0.15) is 24.2 Å². The van der Waals surface area contributed by atoms with E-state index in [0.717, 1.165) is 11.0 Å². The van der Waals surface area contributed by atoms with Crippen LogP contribution in [0.25, 0.3) is 0 Å². The summed E-state index contributed by atoms with van der Waals surface area (Å²) < 4.78 is 27.9. The molecule has 9 heteroatoms. The molecule has 0 saturated heterocycles. The van der Waals surface area contributed by atoms with Gasteiger partial charge in [0.25, 0.3) is 0 Å². The highest BCUT2D eigenvalue weighted by Crippen LogP contribution is 2.25. The average Bonchev–Trinajstić information content (AvgIpc) is 2.62. The quantitative estimate of drug-likeness (QED) is 0.863. The number of hydrogen-bond acceptors (Lipinski definition) is 4. The topological polar surface area (TPSA) is 98.1 Å². The molecule has 1 atom stereocenters. The van der Waals surface area contributed by atoms with Crippen LogP contribution in [0.3, 0.4) is 0 Å². The molecular formula is C18H15F2N5O2. The minimum atomic E-state index is -0.776. The largest absolute Gasteiger partial charge is 0.346 e. The van der Waals surface area contributed by atoms with Crippen molar-refractivity contribution in [2.45, 2.75) is 19.5 Å². The monoisotopic (exact) mass is 371 g/mol. The van der Waals surface area contributed by atoms with Crippen molar-refractivity contribution >= 4 is 17.6 Å². The zero-order valence-electron chi connectivity index (χ0n) is 14.3. The number of carbonyl (C=O) groups is 2. The molecule has 0 radical (unpaired) electrons. The van der Waals surface area contributed by atoms with E-state index >= 15 is 0 Å². The number of carbonyl (C=O) groups excluding carboxylic acids is 2. The summed E-state index contributed by atoms with van der Waals surface area (Å²) in [5.41, 5.74) is 0.703. The van der Waals surface area contributed by atoms with E-state index in [-0.39, 0.29) is 29.9 Å². The Hall–Kier alpha value is -3.54. The second-order valence-electron chi connectivity index (χ2n) is 6.04. The third kappa shape index (κ3) is 3.84.